The van der Waals surface area contributed by atoms with Crippen LogP contribution in [0, 0.1) is 5.82 Å². The number of aliphatic carboxylic acids is 1. The fourth-order valence-corrected chi connectivity index (χ4v) is 2.23. The Balaban J connectivity index is 1.97. The van der Waals surface area contributed by atoms with Crippen molar-refractivity contribution in [1.29, 1.82) is 0 Å². The molecule has 0 heterocycles. The number of benzene rings is 2. The van der Waals surface area contributed by atoms with Crippen LogP contribution in [0.2, 0.25) is 0 Å². The molecular formula is C18H18FNO4. The summed E-state index contributed by atoms with van der Waals surface area (Å²) >= 11 is 0. The van der Waals surface area contributed by atoms with E-state index in [9.17, 15) is 19.1 Å². The van der Waals surface area contributed by atoms with Gasteiger partial charge < -0.3 is 15.2 Å². The molecule has 1 amide bonds. The van der Waals surface area contributed by atoms with Gasteiger partial charge in [-0.15, -0.1) is 0 Å². The molecule has 0 aliphatic rings. The largest absolute Gasteiger partial charge is 0.497 e. The van der Waals surface area contributed by atoms with Gasteiger partial charge in [0.15, 0.2) is 0 Å². The molecule has 2 N–H and O–H groups in total. The maximum absolute atomic E-state index is 12.8. The summed E-state index contributed by atoms with van der Waals surface area (Å²) in [6.45, 7) is 0. The van der Waals surface area contributed by atoms with E-state index in [1.165, 1.54) is 24.3 Å². The highest BCUT2D eigenvalue weighted by Gasteiger charge is 2.20. The third-order valence-corrected chi connectivity index (χ3v) is 3.51. The van der Waals surface area contributed by atoms with E-state index in [1.807, 2.05) is 0 Å². The molecule has 5 nitrogen and oxygen atoms in total. The van der Waals surface area contributed by atoms with Gasteiger partial charge in [-0.1, -0.05) is 24.3 Å². The molecule has 2 aromatic carbocycles. The van der Waals surface area contributed by atoms with Crippen LogP contribution in [-0.2, 0) is 22.4 Å². The number of nitrogens with one attached hydrogen (secondary N) is 1. The normalized spacial score (nSPS) is 11.6. The molecular weight excluding hydrogens is 313 g/mol. The maximum atomic E-state index is 12.8. The Kier molecular flexibility index (Phi) is 5.89. The Labute approximate surface area is 139 Å². The van der Waals surface area contributed by atoms with E-state index in [2.05, 4.69) is 5.32 Å². The molecule has 2 aromatic rings. The van der Waals surface area contributed by atoms with Crippen LogP contribution in [0.5, 0.6) is 5.75 Å². The Hall–Kier alpha value is -2.89. The van der Waals surface area contributed by atoms with Crippen molar-refractivity contribution in [3.63, 3.8) is 0 Å². The molecule has 0 aliphatic carbocycles. The SMILES string of the molecule is COc1ccc(C[C@H](NC(=O)Cc2ccc(F)cc2)C(=O)O)cc1. The van der Waals surface area contributed by atoms with E-state index in [0.29, 0.717) is 11.3 Å². The number of carbonyl (C=O) groups is 2. The monoisotopic (exact) mass is 331 g/mol. The average molecular weight is 331 g/mol. The van der Waals surface area contributed by atoms with Crippen molar-refractivity contribution in [2.45, 2.75) is 18.9 Å². The number of rotatable bonds is 7. The maximum Gasteiger partial charge on any atom is 0.326 e. The molecule has 2 rings (SSSR count). The second kappa shape index (κ2) is 8.10. The van der Waals surface area contributed by atoms with Crippen molar-refractivity contribution in [3.8, 4) is 5.75 Å². The summed E-state index contributed by atoms with van der Waals surface area (Å²) in [5, 5.41) is 11.8. The third-order valence-electron chi connectivity index (χ3n) is 3.51. The van der Waals surface area contributed by atoms with Crippen molar-refractivity contribution in [2.24, 2.45) is 0 Å². The third kappa shape index (κ3) is 5.08. The summed E-state index contributed by atoms with van der Waals surface area (Å²) in [6.07, 6.45) is 0.154. The van der Waals surface area contributed by atoms with Gasteiger partial charge in [-0.05, 0) is 35.4 Å². The van der Waals surface area contributed by atoms with E-state index in [1.54, 1.807) is 31.4 Å². The van der Waals surface area contributed by atoms with E-state index >= 15 is 0 Å². The fourth-order valence-electron chi connectivity index (χ4n) is 2.23. The molecule has 6 heteroatoms. The zero-order chi connectivity index (χ0) is 17.5. The second-order valence-corrected chi connectivity index (χ2v) is 5.31. The summed E-state index contributed by atoms with van der Waals surface area (Å²) < 4.78 is 17.9. The summed E-state index contributed by atoms with van der Waals surface area (Å²) in [5.41, 5.74) is 1.38. The molecule has 126 valence electrons. The van der Waals surface area contributed by atoms with Crippen LogP contribution in [0.1, 0.15) is 11.1 Å². The predicted octanol–water partition coefficient (Wildman–Crippen LogP) is 2.19. The number of carboxylic acids is 1. The van der Waals surface area contributed by atoms with Gasteiger partial charge in [0.1, 0.15) is 17.6 Å². The molecule has 0 spiro atoms. The number of methoxy groups -OCH3 is 1. The zero-order valence-electron chi connectivity index (χ0n) is 13.2. The minimum Gasteiger partial charge on any atom is -0.497 e. The first-order valence-corrected chi connectivity index (χ1v) is 7.37. The van der Waals surface area contributed by atoms with Gasteiger partial charge in [0.25, 0.3) is 0 Å². The lowest BCUT2D eigenvalue weighted by atomic mass is 10.1. The first kappa shape index (κ1) is 17.5. The van der Waals surface area contributed by atoms with E-state index < -0.39 is 17.9 Å². The summed E-state index contributed by atoms with van der Waals surface area (Å²) in [6, 6.07) is 11.4. The second-order valence-electron chi connectivity index (χ2n) is 5.31. The van der Waals surface area contributed by atoms with E-state index in [-0.39, 0.29) is 18.7 Å². The number of carbonyl (C=O) groups excluding carboxylic acids is 1. The van der Waals surface area contributed by atoms with Crippen molar-refractivity contribution < 1.29 is 23.8 Å². The van der Waals surface area contributed by atoms with E-state index in [4.69, 9.17) is 4.74 Å². The summed E-state index contributed by atoms with van der Waals surface area (Å²) in [4.78, 5) is 23.4. The van der Waals surface area contributed by atoms with Crippen LogP contribution >= 0.6 is 0 Å². The first-order chi connectivity index (χ1) is 11.5. The molecule has 0 radical (unpaired) electrons. The smallest absolute Gasteiger partial charge is 0.326 e. The lowest BCUT2D eigenvalue weighted by Crippen LogP contribution is -2.43. The molecule has 0 aromatic heterocycles. The van der Waals surface area contributed by atoms with Crippen LogP contribution in [0.4, 0.5) is 4.39 Å². The van der Waals surface area contributed by atoms with Crippen molar-refractivity contribution in [2.75, 3.05) is 7.11 Å². The van der Waals surface area contributed by atoms with Crippen LogP contribution in [0.15, 0.2) is 48.5 Å². The van der Waals surface area contributed by atoms with Gasteiger partial charge in [-0.25, -0.2) is 9.18 Å². The summed E-state index contributed by atoms with van der Waals surface area (Å²) in [7, 11) is 1.55. The summed E-state index contributed by atoms with van der Waals surface area (Å²) in [5.74, 6) is -1.26. The number of amides is 1. The lowest BCUT2D eigenvalue weighted by molar-refractivity contribution is -0.141. The molecule has 24 heavy (non-hydrogen) atoms. The highest BCUT2D eigenvalue weighted by Crippen LogP contribution is 2.13. The van der Waals surface area contributed by atoms with Gasteiger partial charge in [0.2, 0.25) is 5.91 Å². The fraction of sp³-hybridized carbons (Fsp3) is 0.222. The predicted molar refractivity (Wildman–Crippen MR) is 86.4 cm³/mol. The van der Waals surface area contributed by atoms with Gasteiger partial charge in [-0.3, -0.25) is 4.79 Å². The molecule has 0 bridgehead atoms. The Morgan fingerprint density at radius 1 is 1.08 bits per heavy atom. The average Bonchev–Trinajstić information content (AvgIpc) is 2.57. The number of hydrogen-bond donors (Lipinski definition) is 2. The number of halogens is 1. The molecule has 0 unspecified atom stereocenters. The molecule has 0 aliphatic heterocycles. The standard InChI is InChI=1S/C18H18FNO4/c1-24-15-8-4-12(5-9-15)10-16(18(22)23)20-17(21)11-13-2-6-14(19)7-3-13/h2-9,16H,10-11H2,1H3,(H,20,21)(H,22,23)/t16-/m0/s1. The topological polar surface area (TPSA) is 75.6 Å². The minimum atomic E-state index is -1.11. The minimum absolute atomic E-state index is 0.00727. The Bertz CT molecular complexity index is 698. The Morgan fingerprint density at radius 3 is 2.21 bits per heavy atom. The van der Waals surface area contributed by atoms with Crippen molar-refractivity contribution in [3.05, 3.63) is 65.5 Å². The number of hydrogen-bond acceptors (Lipinski definition) is 3. The van der Waals surface area contributed by atoms with Crippen molar-refractivity contribution in [1.82, 2.24) is 5.32 Å². The number of carboxylic acid groups (broad SMARTS) is 1. The molecule has 1 atom stereocenters. The lowest BCUT2D eigenvalue weighted by Gasteiger charge is -2.15. The highest BCUT2D eigenvalue weighted by atomic mass is 19.1. The highest BCUT2D eigenvalue weighted by molar-refractivity contribution is 5.85. The first-order valence-electron chi connectivity index (χ1n) is 7.37. The van der Waals surface area contributed by atoms with Crippen LogP contribution in [-0.4, -0.2) is 30.1 Å². The van der Waals surface area contributed by atoms with Crippen LogP contribution in [0.25, 0.3) is 0 Å². The zero-order valence-corrected chi connectivity index (χ0v) is 13.2. The van der Waals surface area contributed by atoms with Crippen molar-refractivity contribution >= 4 is 11.9 Å². The van der Waals surface area contributed by atoms with Gasteiger partial charge in [-0.2, -0.15) is 0 Å². The van der Waals surface area contributed by atoms with Crippen LogP contribution in [0.3, 0.4) is 0 Å². The van der Waals surface area contributed by atoms with Crippen LogP contribution < -0.4 is 10.1 Å². The van der Waals surface area contributed by atoms with Gasteiger partial charge in [0, 0.05) is 6.42 Å². The molecule has 0 fully saturated rings. The molecule has 0 saturated heterocycles. The quantitative estimate of drug-likeness (QED) is 0.815. The number of ether oxygens (including phenoxy) is 1. The molecule has 0 saturated carbocycles. The van der Waals surface area contributed by atoms with Gasteiger partial charge in [0.05, 0.1) is 13.5 Å². The van der Waals surface area contributed by atoms with Gasteiger partial charge >= 0.3 is 5.97 Å². The van der Waals surface area contributed by atoms with E-state index in [0.717, 1.165) is 5.56 Å². The Morgan fingerprint density at radius 2 is 1.67 bits per heavy atom.